The highest BCUT2D eigenvalue weighted by Gasteiger charge is 2.39. The molecule has 1 N–H and O–H groups in total. The lowest BCUT2D eigenvalue weighted by Gasteiger charge is -2.38. The van der Waals surface area contributed by atoms with Crippen LogP contribution >= 0.6 is 11.6 Å². The van der Waals surface area contributed by atoms with Crippen LogP contribution in [-0.4, -0.2) is 29.5 Å². The van der Waals surface area contributed by atoms with Crippen molar-refractivity contribution in [3.8, 4) is 0 Å². The topological polar surface area (TPSA) is 58.6 Å². The van der Waals surface area contributed by atoms with Crippen molar-refractivity contribution >= 4 is 23.6 Å². The maximum absolute atomic E-state index is 12.8. The van der Waals surface area contributed by atoms with E-state index in [2.05, 4.69) is 5.32 Å². The first-order chi connectivity index (χ1) is 12.0. The smallest absolute Gasteiger partial charge is 0.338 e. The van der Waals surface area contributed by atoms with E-state index in [1.165, 1.54) is 0 Å². The third kappa shape index (κ3) is 3.52. The number of nitrogens with zero attached hydrogens (tertiary/aromatic N) is 1. The molecule has 2 amide bonds. The quantitative estimate of drug-likeness (QED) is 0.817. The van der Waals surface area contributed by atoms with E-state index in [-0.39, 0.29) is 18.0 Å². The Morgan fingerprint density at radius 1 is 1.28 bits per heavy atom. The van der Waals surface area contributed by atoms with Gasteiger partial charge in [0.2, 0.25) is 0 Å². The second-order valence-electron chi connectivity index (χ2n) is 6.46. The zero-order chi connectivity index (χ0) is 18.0. The minimum atomic E-state index is -0.526. The van der Waals surface area contributed by atoms with Crippen LogP contribution in [0.1, 0.15) is 51.1 Å². The summed E-state index contributed by atoms with van der Waals surface area (Å²) in [6, 6.07) is 6.62. The number of carbonyl (C=O) groups excluding carboxylic acids is 2. The van der Waals surface area contributed by atoms with Gasteiger partial charge in [0.15, 0.2) is 0 Å². The number of hydrogen-bond donors (Lipinski definition) is 1. The molecule has 2 aliphatic rings. The first kappa shape index (κ1) is 17.8. The predicted octanol–water partition coefficient (Wildman–Crippen LogP) is 4.19. The molecule has 1 aromatic carbocycles. The SMILES string of the molecule is CCOC(=O)C1=C(C)N(C2CCCC2)C(=O)N[C@@H]1c1ccc(Cl)cc1. The van der Waals surface area contributed by atoms with E-state index < -0.39 is 6.04 Å². The largest absolute Gasteiger partial charge is 0.463 e. The van der Waals surface area contributed by atoms with Gasteiger partial charge in [-0.2, -0.15) is 0 Å². The molecule has 1 atom stereocenters. The lowest BCUT2D eigenvalue weighted by Crippen LogP contribution is -2.51. The summed E-state index contributed by atoms with van der Waals surface area (Å²) in [7, 11) is 0. The zero-order valence-electron chi connectivity index (χ0n) is 14.5. The molecule has 0 aromatic heterocycles. The number of benzene rings is 1. The molecule has 5 nitrogen and oxygen atoms in total. The summed E-state index contributed by atoms with van der Waals surface area (Å²) < 4.78 is 5.27. The highest BCUT2D eigenvalue weighted by Crippen LogP contribution is 2.36. The van der Waals surface area contributed by atoms with E-state index >= 15 is 0 Å². The number of esters is 1. The number of urea groups is 1. The van der Waals surface area contributed by atoms with Crippen LogP contribution < -0.4 is 5.32 Å². The fourth-order valence-corrected chi connectivity index (χ4v) is 3.86. The van der Waals surface area contributed by atoms with Crippen LogP contribution in [0.2, 0.25) is 5.02 Å². The molecule has 1 aliphatic carbocycles. The average Bonchev–Trinajstić information content (AvgIpc) is 3.09. The predicted molar refractivity (Wildman–Crippen MR) is 96.2 cm³/mol. The Bertz CT molecular complexity index is 693. The molecule has 1 heterocycles. The Morgan fingerprint density at radius 2 is 1.92 bits per heavy atom. The van der Waals surface area contributed by atoms with Crippen molar-refractivity contribution in [1.82, 2.24) is 10.2 Å². The summed E-state index contributed by atoms with van der Waals surface area (Å²) in [5.74, 6) is -0.386. The first-order valence-corrected chi connectivity index (χ1v) is 9.13. The summed E-state index contributed by atoms with van der Waals surface area (Å²) >= 11 is 5.97. The van der Waals surface area contributed by atoms with Crippen LogP contribution in [0.3, 0.4) is 0 Å². The van der Waals surface area contributed by atoms with Gasteiger partial charge in [0, 0.05) is 16.8 Å². The third-order valence-corrected chi connectivity index (χ3v) is 5.17. The Balaban J connectivity index is 2.03. The van der Waals surface area contributed by atoms with Gasteiger partial charge in [-0.05, 0) is 44.4 Å². The lowest BCUT2D eigenvalue weighted by molar-refractivity contribution is -0.139. The van der Waals surface area contributed by atoms with Gasteiger partial charge < -0.3 is 10.1 Å². The molecule has 1 aliphatic heterocycles. The van der Waals surface area contributed by atoms with Crippen LogP contribution in [0.25, 0.3) is 0 Å². The number of halogens is 1. The first-order valence-electron chi connectivity index (χ1n) is 8.76. The molecule has 0 bridgehead atoms. The normalized spacial score (nSPS) is 21.5. The van der Waals surface area contributed by atoms with E-state index in [1.54, 1.807) is 24.0 Å². The van der Waals surface area contributed by atoms with E-state index in [0.29, 0.717) is 22.9 Å². The fourth-order valence-electron chi connectivity index (χ4n) is 3.74. The van der Waals surface area contributed by atoms with Gasteiger partial charge in [0.1, 0.15) is 0 Å². The van der Waals surface area contributed by atoms with E-state index in [9.17, 15) is 9.59 Å². The van der Waals surface area contributed by atoms with E-state index in [1.807, 2.05) is 19.1 Å². The molecular weight excluding hydrogens is 340 g/mol. The van der Waals surface area contributed by atoms with Gasteiger partial charge >= 0.3 is 12.0 Å². The number of ether oxygens (including phenoxy) is 1. The minimum absolute atomic E-state index is 0.149. The summed E-state index contributed by atoms with van der Waals surface area (Å²) in [6.07, 6.45) is 4.15. The van der Waals surface area contributed by atoms with Gasteiger partial charge in [-0.25, -0.2) is 9.59 Å². The van der Waals surface area contributed by atoms with Gasteiger partial charge in [-0.1, -0.05) is 36.6 Å². The van der Waals surface area contributed by atoms with Crippen LogP contribution in [0.5, 0.6) is 0 Å². The van der Waals surface area contributed by atoms with Crippen molar-refractivity contribution < 1.29 is 14.3 Å². The second kappa shape index (κ2) is 7.48. The van der Waals surface area contributed by atoms with Crippen LogP contribution in [0.4, 0.5) is 4.79 Å². The minimum Gasteiger partial charge on any atom is -0.463 e. The molecular formula is C19H23ClN2O3. The van der Waals surface area contributed by atoms with Crippen molar-refractivity contribution in [2.24, 2.45) is 0 Å². The Kier molecular flexibility index (Phi) is 5.33. The van der Waals surface area contributed by atoms with Gasteiger partial charge in [-0.15, -0.1) is 0 Å². The molecule has 134 valence electrons. The summed E-state index contributed by atoms with van der Waals surface area (Å²) in [4.78, 5) is 27.2. The molecule has 0 spiro atoms. The maximum Gasteiger partial charge on any atom is 0.338 e. The average molecular weight is 363 g/mol. The Hall–Kier alpha value is -2.01. The van der Waals surface area contributed by atoms with Crippen molar-refractivity contribution in [2.45, 2.75) is 51.6 Å². The lowest BCUT2D eigenvalue weighted by atomic mass is 9.94. The third-order valence-electron chi connectivity index (χ3n) is 4.91. The number of allylic oxidation sites excluding steroid dienone is 1. The number of hydrogen-bond acceptors (Lipinski definition) is 3. The van der Waals surface area contributed by atoms with E-state index in [4.69, 9.17) is 16.3 Å². The fraction of sp³-hybridized carbons (Fsp3) is 0.474. The summed E-state index contributed by atoms with van der Waals surface area (Å²) in [6.45, 7) is 3.91. The zero-order valence-corrected chi connectivity index (χ0v) is 15.3. The van der Waals surface area contributed by atoms with Crippen molar-refractivity contribution in [3.63, 3.8) is 0 Å². The van der Waals surface area contributed by atoms with Crippen molar-refractivity contribution in [3.05, 3.63) is 46.1 Å². The summed E-state index contributed by atoms with van der Waals surface area (Å²) in [5.41, 5.74) is 2.00. The van der Waals surface area contributed by atoms with Crippen molar-refractivity contribution in [2.75, 3.05) is 6.61 Å². The van der Waals surface area contributed by atoms with E-state index in [0.717, 1.165) is 31.2 Å². The molecule has 3 rings (SSSR count). The Morgan fingerprint density at radius 3 is 2.52 bits per heavy atom. The highest BCUT2D eigenvalue weighted by atomic mass is 35.5. The second-order valence-corrected chi connectivity index (χ2v) is 6.90. The molecule has 0 radical (unpaired) electrons. The molecule has 6 heteroatoms. The van der Waals surface area contributed by atoms with Gasteiger partial charge in [0.05, 0.1) is 18.2 Å². The van der Waals surface area contributed by atoms with Crippen LogP contribution in [0.15, 0.2) is 35.5 Å². The highest BCUT2D eigenvalue weighted by molar-refractivity contribution is 6.30. The van der Waals surface area contributed by atoms with Crippen LogP contribution in [-0.2, 0) is 9.53 Å². The number of carbonyl (C=O) groups is 2. The number of nitrogens with one attached hydrogen (secondary N) is 1. The standard InChI is InChI=1S/C19H23ClN2O3/c1-3-25-18(23)16-12(2)22(15-6-4-5-7-15)19(24)21-17(16)13-8-10-14(20)11-9-13/h8-11,15,17H,3-7H2,1-2H3,(H,21,24)/t17-/m1/s1. The summed E-state index contributed by atoms with van der Waals surface area (Å²) in [5, 5.41) is 3.59. The molecule has 0 saturated heterocycles. The maximum atomic E-state index is 12.8. The van der Waals surface area contributed by atoms with Crippen molar-refractivity contribution in [1.29, 1.82) is 0 Å². The monoisotopic (exact) mass is 362 g/mol. The van der Waals surface area contributed by atoms with Crippen LogP contribution in [0, 0.1) is 0 Å². The van der Waals surface area contributed by atoms with Gasteiger partial charge in [0.25, 0.3) is 0 Å². The number of rotatable bonds is 4. The molecule has 25 heavy (non-hydrogen) atoms. The number of amides is 2. The molecule has 1 fully saturated rings. The molecule has 1 aromatic rings. The van der Waals surface area contributed by atoms with Gasteiger partial charge in [-0.3, -0.25) is 4.90 Å². The molecule has 1 saturated carbocycles. The Labute approximate surface area is 153 Å². The molecule has 0 unspecified atom stereocenters.